The number of nitrogens with zero attached hydrogens (tertiary/aromatic N) is 4. The zero-order valence-corrected chi connectivity index (χ0v) is 21.4. The zero-order valence-electron chi connectivity index (χ0n) is 20.7. The molecule has 194 valence electrons. The number of hydrogen-bond acceptors (Lipinski definition) is 8. The summed E-state index contributed by atoms with van der Waals surface area (Å²) in [6, 6.07) is 18.6. The molecule has 0 radical (unpaired) electrons. The Morgan fingerprint density at radius 3 is 2.68 bits per heavy atom. The van der Waals surface area contributed by atoms with Gasteiger partial charge in [0.1, 0.15) is 5.75 Å². The van der Waals surface area contributed by atoms with Crippen LogP contribution >= 0.6 is 11.6 Å². The van der Waals surface area contributed by atoms with Gasteiger partial charge in [-0.1, -0.05) is 35.9 Å². The molecule has 1 aliphatic rings. The predicted octanol–water partition coefficient (Wildman–Crippen LogP) is 5.98. The highest BCUT2D eigenvalue weighted by Gasteiger charge is 2.17. The second-order valence-electron chi connectivity index (χ2n) is 8.78. The molecule has 0 unspecified atom stereocenters. The zero-order chi connectivity index (χ0) is 26.5. The Labute approximate surface area is 224 Å². The third-order valence-electron chi connectivity index (χ3n) is 6.08. The number of morpholine rings is 1. The summed E-state index contributed by atoms with van der Waals surface area (Å²) >= 11 is 6.36. The van der Waals surface area contributed by atoms with E-state index in [9.17, 15) is 9.50 Å². The van der Waals surface area contributed by atoms with Gasteiger partial charge in [0.2, 0.25) is 5.95 Å². The van der Waals surface area contributed by atoms with E-state index in [1.165, 1.54) is 0 Å². The minimum absolute atomic E-state index is 0.192. The first-order valence-corrected chi connectivity index (χ1v) is 12.4. The van der Waals surface area contributed by atoms with E-state index in [-0.39, 0.29) is 17.5 Å². The van der Waals surface area contributed by atoms with Crippen molar-refractivity contribution in [2.45, 2.75) is 6.92 Å². The number of aromatic hydroxyl groups is 1. The SMILES string of the molecule is Cc1cc(Nc2cc(Cl)cc(-c3ccccc3O)c2)ccc1/C=N/Nc1ncc(F)c(N2CCOCC2)n1. The molecule has 5 rings (SSSR count). The number of nitrogens with one attached hydrogen (secondary N) is 2. The molecule has 0 bridgehead atoms. The Morgan fingerprint density at radius 2 is 1.89 bits per heavy atom. The van der Waals surface area contributed by atoms with Gasteiger partial charge in [0.05, 0.1) is 25.6 Å². The first-order chi connectivity index (χ1) is 18.5. The van der Waals surface area contributed by atoms with Crippen molar-refractivity contribution in [3.63, 3.8) is 0 Å². The fourth-order valence-electron chi connectivity index (χ4n) is 4.17. The molecule has 1 saturated heterocycles. The van der Waals surface area contributed by atoms with Crippen LogP contribution in [-0.2, 0) is 4.74 Å². The van der Waals surface area contributed by atoms with Crippen LogP contribution in [0.25, 0.3) is 11.1 Å². The Bertz CT molecular complexity index is 1480. The maximum Gasteiger partial charge on any atom is 0.245 e. The lowest BCUT2D eigenvalue weighted by Crippen LogP contribution is -2.37. The Kier molecular flexibility index (Phi) is 7.67. The molecule has 3 N–H and O–H groups in total. The summed E-state index contributed by atoms with van der Waals surface area (Å²) < 4.78 is 19.6. The van der Waals surface area contributed by atoms with Crippen LogP contribution in [-0.4, -0.2) is 47.6 Å². The van der Waals surface area contributed by atoms with Crippen LogP contribution in [0.3, 0.4) is 0 Å². The van der Waals surface area contributed by atoms with Gasteiger partial charge in [-0.2, -0.15) is 10.1 Å². The number of halogens is 2. The Morgan fingerprint density at radius 1 is 1.08 bits per heavy atom. The van der Waals surface area contributed by atoms with Gasteiger partial charge in [-0.05, 0) is 60.0 Å². The molecule has 10 heteroatoms. The quantitative estimate of drug-likeness (QED) is 0.199. The van der Waals surface area contributed by atoms with Gasteiger partial charge in [-0.15, -0.1) is 0 Å². The number of hydrogen-bond donors (Lipinski definition) is 3. The number of phenolic OH excluding ortho intramolecular Hbond substituents is 1. The normalized spacial score (nSPS) is 13.6. The second kappa shape index (κ2) is 11.5. The molecule has 3 aromatic carbocycles. The third-order valence-corrected chi connectivity index (χ3v) is 6.29. The number of aromatic nitrogens is 2. The number of ether oxygens (including phenoxy) is 1. The molecule has 0 saturated carbocycles. The van der Waals surface area contributed by atoms with E-state index < -0.39 is 5.82 Å². The van der Waals surface area contributed by atoms with Crippen LogP contribution in [0.1, 0.15) is 11.1 Å². The fourth-order valence-corrected chi connectivity index (χ4v) is 4.40. The van der Waals surface area contributed by atoms with E-state index in [0.717, 1.165) is 34.3 Å². The molecule has 8 nitrogen and oxygen atoms in total. The molecule has 4 aromatic rings. The number of rotatable bonds is 7. The van der Waals surface area contributed by atoms with Crippen LogP contribution in [0.5, 0.6) is 5.75 Å². The van der Waals surface area contributed by atoms with Crippen LogP contribution in [0.4, 0.5) is 27.5 Å². The standard InChI is InChI=1S/C28H26ClFN6O2/c1-18-12-22(33-23-14-20(13-21(29)15-23)24-4-2-3-5-26(24)37)7-6-19(18)16-32-35-28-31-17-25(30)27(34-28)36-8-10-38-11-9-36/h2-7,12-17,33,37H,8-11H2,1H3,(H,31,34,35)/b32-16+. The van der Waals surface area contributed by atoms with Crippen LogP contribution < -0.4 is 15.6 Å². The maximum atomic E-state index is 14.2. The highest BCUT2D eigenvalue weighted by molar-refractivity contribution is 6.31. The average molecular weight is 533 g/mol. The minimum Gasteiger partial charge on any atom is -0.507 e. The van der Waals surface area contributed by atoms with Crippen molar-refractivity contribution in [2.75, 3.05) is 41.9 Å². The molecular formula is C28H26ClFN6O2. The van der Waals surface area contributed by atoms with Crippen molar-refractivity contribution >= 4 is 41.0 Å². The number of phenols is 1. The van der Waals surface area contributed by atoms with Gasteiger partial charge in [0.25, 0.3) is 0 Å². The van der Waals surface area contributed by atoms with Gasteiger partial charge in [-0.3, -0.25) is 0 Å². The predicted molar refractivity (Wildman–Crippen MR) is 149 cm³/mol. The molecule has 0 spiro atoms. The summed E-state index contributed by atoms with van der Waals surface area (Å²) in [6.45, 7) is 4.18. The lowest BCUT2D eigenvalue weighted by Gasteiger charge is -2.27. The van der Waals surface area contributed by atoms with Gasteiger partial charge >= 0.3 is 0 Å². The van der Waals surface area contributed by atoms with Crippen molar-refractivity contribution in [1.29, 1.82) is 0 Å². The number of anilines is 4. The maximum absolute atomic E-state index is 14.2. The van der Waals surface area contributed by atoms with Gasteiger partial charge in [0, 0.05) is 35.1 Å². The number of hydrazone groups is 1. The van der Waals surface area contributed by atoms with Crippen LogP contribution in [0.2, 0.25) is 5.02 Å². The molecule has 1 fully saturated rings. The third kappa shape index (κ3) is 6.01. The first kappa shape index (κ1) is 25.4. The molecule has 2 heterocycles. The van der Waals surface area contributed by atoms with E-state index in [1.54, 1.807) is 18.3 Å². The smallest absolute Gasteiger partial charge is 0.245 e. The Balaban J connectivity index is 1.27. The van der Waals surface area contributed by atoms with E-state index >= 15 is 0 Å². The topological polar surface area (TPSA) is 94.9 Å². The molecule has 0 amide bonds. The molecular weight excluding hydrogens is 507 g/mol. The van der Waals surface area contributed by atoms with E-state index in [4.69, 9.17) is 16.3 Å². The van der Waals surface area contributed by atoms with Gasteiger partial charge < -0.3 is 20.1 Å². The largest absolute Gasteiger partial charge is 0.507 e. The summed E-state index contributed by atoms with van der Waals surface area (Å²) in [4.78, 5) is 10.1. The highest BCUT2D eigenvalue weighted by atomic mass is 35.5. The number of aryl methyl sites for hydroxylation is 1. The molecule has 38 heavy (non-hydrogen) atoms. The van der Waals surface area contributed by atoms with Gasteiger partial charge in [-0.25, -0.2) is 14.8 Å². The molecule has 0 atom stereocenters. The first-order valence-electron chi connectivity index (χ1n) is 12.1. The van der Waals surface area contributed by atoms with Crippen LogP contribution in [0, 0.1) is 12.7 Å². The summed E-state index contributed by atoms with van der Waals surface area (Å²) in [7, 11) is 0. The van der Waals surface area contributed by atoms with Crippen molar-refractivity contribution < 1.29 is 14.2 Å². The summed E-state index contributed by atoms with van der Waals surface area (Å²) in [5, 5.41) is 18.4. The monoisotopic (exact) mass is 532 g/mol. The van der Waals surface area contributed by atoms with E-state index in [0.29, 0.717) is 36.9 Å². The number of para-hydroxylation sites is 1. The molecule has 1 aromatic heterocycles. The number of benzene rings is 3. The average Bonchev–Trinajstić information content (AvgIpc) is 2.91. The van der Waals surface area contributed by atoms with Crippen molar-refractivity contribution in [1.82, 2.24) is 9.97 Å². The minimum atomic E-state index is -0.479. The van der Waals surface area contributed by atoms with Crippen molar-refractivity contribution in [3.8, 4) is 16.9 Å². The highest BCUT2D eigenvalue weighted by Crippen LogP contribution is 2.34. The lowest BCUT2D eigenvalue weighted by molar-refractivity contribution is 0.122. The second-order valence-corrected chi connectivity index (χ2v) is 9.21. The summed E-state index contributed by atoms with van der Waals surface area (Å²) in [5.74, 6) is 0.158. The summed E-state index contributed by atoms with van der Waals surface area (Å²) in [6.07, 6.45) is 2.80. The summed E-state index contributed by atoms with van der Waals surface area (Å²) in [5.41, 5.74) is 7.84. The van der Waals surface area contributed by atoms with Crippen LogP contribution in [0.15, 0.2) is 72.0 Å². The van der Waals surface area contributed by atoms with Crippen molar-refractivity contribution in [2.24, 2.45) is 5.10 Å². The van der Waals surface area contributed by atoms with E-state index in [2.05, 4.69) is 25.8 Å². The molecule has 1 aliphatic heterocycles. The fraction of sp³-hybridized carbons (Fsp3) is 0.179. The molecule has 0 aliphatic carbocycles. The van der Waals surface area contributed by atoms with Gasteiger partial charge in [0.15, 0.2) is 11.6 Å². The lowest BCUT2D eigenvalue weighted by atomic mass is 10.0. The van der Waals surface area contributed by atoms with Crippen molar-refractivity contribution in [3.05, 3.63) is 88.8 Å². The van der Waals surface area contributed by atoms with E-state index in [1.807, 2.05) is 60.4 Å². The Hall–Kier alpha value is -4.21.